The molecule has 0 saturated carbocycles. The maximum Gasteiger partial charge on any atom is 0.0730 e. The quantitative estimate of drug-likeness (QED) is 0.227. The van der Waals surface area contributed by atoms with Crippen LogP contribution in [0, 0.1) is 0 Å². The number of hydrogen-bond donors (Lipinski definition) is 0. The Morgan fingerprint density at radius 3 is 1.70 bits per heavy atom. The van der Waals surface area contributed by atoms with Gasteiger partial charge in [0, 0.05) is 37.4 Å². The number of pyridine rings is 1. The zero-order chi connectivity index (χ0) is 26.5. The molecular weight excluding hydrogens is 504 g/mol. The first-order valence-corrected chi connectivity index (χ1v) is 14.3. The van der Waals surface area contributed by atoms with Crippen molar-refractivity contribution in [2.75, 3.05) is 0 Å². The van der Waals surface area contributed by atoms with Gasteiger partial charge in [0.1, 0.15) is 0 Å². The molecule has 0 aliphatic carbocycles. The van der Waals surface area contributed by atoms with Crippen LogP contribution in [0.15, 0.2) is 155 Å². The van der Waals surface area contributed by atoms with Gasteiger partial charge in [-0.15, -0.1) is 0 Å². The predicted molar refractivity (Wildman–Crippen MR) is 167 cm³/mol. The average Bonchev–Trinajstić information content (AvgIpc) is 3.29. The molecule has 0 radical (unpaired) electrons. The molecular formula is C37H24N2S. The van der Waals surface area contributed by atoms with E-state index in [9.17, 15) is 0 Å². The molecule has 0 unspecified atom stereocenters. The molecule has 5 aromatic carbocycles. The Morgan fingerprint density at radius 1 is 0.500 bits per heavy atom. The molecule has 0 bridgehead atoms. The number of para-hydroxylation sites is 1. The Labute approximate surface area is 237 Å². The van der Waals surface area contributed by atoms with Crippen LogP contribution < -0.4 is 0 Å². The molecule has 0 saturated heterocycles. The number of fused-ring (bicyclic) bond motifs is 7. The number of hydrogen-bond acceptors (Lipinski definition) is 2. The molecule has 3 heterocycles. The van der Waals surface area contributed by atoms with E-state index in [1.807, 2.05) is 11.8 Å². The van der Waals surface area contributed by atoms with Crippen LogP contribution in [0.1, 0.15) is 0 Å². The average molecular weight is 529 g/mol. The molecule has 1 aliphatic rings. The summed E-state index contributed by atoms with van der Waals surface area (Å²) in [6.07, 6.45) is 0. The smallest absolute Gasteiger partial charge is 0.0730 e. The first-order valence-electron chi connectivity index (χ1n) is 13.5. The summed E-state index contributed by atoms with van der Waals surface area (Å²) < 4.78 is 2.45. The van der Waals surface area contributed by atoms with Crippen molar-refractivity contribution >= 4 is 22.7 Å². The minimum atomic E-state index is 0.958. The van der Waals surface area contributed by atoms with Crippen LogP contribution in [0.5, 0.6) is 0 Å². The Hall–Kier alpha value is -4.86. The molecule has 0 atom stereocenters. The topological polar surface area (TPSA) is 17.8 Å². The van der Waals surface area contributed by atoms with Crippen LogP contribution >= 0.6 is 11.8 Å². The Kier molecular flexibility index (Phi) is 5.42. The summed E-state index contributed by atoms with van der Waals surface area (Å²) in [5, 5.41) is 1.25. The largest absolute Gasteiger partial charge is 0.308 e. The molecule has 40 heavy (non-hydrogen) atoms. The molecule has 7 aromatic rings. The minimum absolute atomic E-state index is 0.958. The summed E-state index contributed by atoms with van der Waals surface area (Å²) in [5.74, 6) is 0. The van der Waals surface area contributed by atoms with E-state index < -0.39 is 0 Å². The van der Waals surface area contributed by atoms with Crippen LogP contribution in [0.25, 0.3) is 61.5 Å². The van der Waals surface area contributed by atoms with Crippen molar-refractivity contribution in [1.82, 2.24) is 9.55 Å². The van der Waals surface area contributed by atoms with Crippen molar-refractivity contribution in [1.29, 1.82) is 0 Å². The van der Waals surface area contributed by atoms with Crippen molar-refractivity contribution < 1.29 is 0 Å². The minimum Gasteiger partial charge on any atom is -0.308 e. The summed E-state index contributed by atoms with van der Waals surface area (Å²) in [6, 6.07) is 51.8. The van der Waals surface area contributed by atoms with Crippen molar-refractivity contribution in [2.45, 2.75) is 9.79 Å². The van der Waals surface area contributed by atoms with E-state index in [1.54, 1.807) is 0 Å². The highest BCUT2D eigenvalue weighted by molar-refractivity contribution is 7.99. The third kappa shape index (κ3) is 3.70. The van der Waals surface area contributed by atoms with Gasteiger partial charge in [0.2, 0.25) is 0 Å². The van der Waals surface area contributed by atoms with E-state index in [-0.39, 0.29) is 0 Å². The van der Waals surface area contributed by atoms with Gasteiger partial charge in [-0.05, 0) is 35.9 Å². The van der Waals surface area contributed by atoms with Gasteiger partial charge in [0.05, 0.1) is 28.3 Å². The van der Waals surface area contributed by atoms with E-state index in [0.29, 0.717) is 0 Å². The lowest BCUT2D eigenvalue weighted by Gasteiger charge is -2.16. The number of aromatic nitrogens is 2. The van der Waals surface area contributed by atoms with Crippen molar-refractivity contribution in [3.05, 3.63) is 146 Å². The van der Waals surface area contributed by atoms with Crippen LogP contribution in [0.4, 0.5) is 0 Å². The van der Waals surface area contributed by atoms with Crippen LogP contribution in [-0.2, 0) is 0 Å². The van der Waals surface area contributed by atoms with Gasteiger partial charge in [-0.3, -0.25) is 0 Å². The van der Waals surface area contributed by atoms with Gasteiger partial charge in [-0.2, -0.15) is 0 Å². The normalized spacial score (nSPS) is 11.9. The fourth-order valence-corrected chi connectivity index (χ4v) is 6.91. The van der Waals surface area contributed by atoms with Crippen LogP contribution in [0.3, 0.4) is 0 Å². The van der Waals surface area contributed by atoms with E-state index in [4.69, 9.17) is 4.98 Å². The van der Waals surface area contributed by atoms with Crippen LogP contribution in [-0.4, -0.2) is 9.55 Å². The Morgan fingerprint density at radius 2 is 1.02 bits per heavy atom. The van der Waals surface area contributed by atoms with E-state index in [1.165, 1.54) is 43.1 Å². The molecule has 2 nitrogen and oxygen atoms in total. The molecule has 3 heteroatoms. The van der Waals surface area contributed by atoms with Gasteiger partial charge in [0.25, 0.3) is 0 Å². The maximum atomic E-state index is 5.16. The summed E-state index contributed by atoms with van der Waals surface area (Å²) in [6.45, 7) is 0. The summed E-state index contributed by atoms with van der Waals surface area (Å²) in [4.78, 5) is 7.70. The highest BCUT2D eigenvalue weighted by Gasteiger charge is 2.27. The lowest BCUT2D eigenvalue weighted by atomic mass is 9.98. The van der Waals surface area contributed by atoms with Gasteiger partial charge < -0.3 is 4.57 Å². The maximum absolute atomic E-state index is 5.16. The van der Waals surface area contributed by atoms with Crippen molar-refractivity contribution in [3.8, 4) is 50.6 Å². The van der Waals surface area contributed by atoms with Gasteiger partial charge in [-0.25, -0.2) is 4.98 Å². The molecule has 0 spiro atoms. The molecule has 0 N–H and O–H groups in total. The third-order valence-electron chi connectivity index (χ3n) is 7.60. The predicted octanol–water partition coefficient (Wildman–Crippen LogP) is 10.2. The van der Waals surface area contributed by atoms with Gasteiger partial charge in [-0.1, -0.05) is 127 Å². The molecule has 0 fully saturated rings. The Balaban J connectivity index is 1.52. The first kappa shape index (κ1) is 23.1. The fraction of sp³-hybridized carbons (Fsp3) is 0. The molecule has 8 rings (SSSR count). The zero-order valence-electron chi connectivity index (χ0n) is 21.7. The van der Waals surface area contributed by atoms with E-state index in [2.05, 4.69) is 150 Å². The molecule has 2 aromatic heterocycles. The summed E-state index contributed by atoms with van der Waals surface area (Å²) in [5.41, 5.74) is 11.4. The van der Waals surface area contributed by atoms with Gasteiger partial charge >= 0.3 is 0 Å². The lowest BCUT2D eigenvalue weighted by molar-refractivity contribution is 1.11. The second-order valence-corrected chi connectivity index (χ2v) is 11.1. The first-order chi connectivity index (χ1) is 19.8. The van der Waals surface area contributed by atoms with E-state index in [0.717, 1.165) is 28.2 Å². The molecule has 1 aliphatic heterocycles. The Bertz CT molecular complexity index is 1970. The van der Waals surface area contributed by atoms with Crippen molar-refractivity contribution in [2.24, 2.45) is 0 Å². The van der Waals surface area contributed by atoms with Crippen LogP contribution in [0.2, 0.25) is 0 Å². The number of benzene rings is 5. The lowest BCUT2D eigenvalue weighted by Crippen LogP contribution is -2.01. The fourth-order valence-electron chi connectivity index (χ4n) is 5.83. The SMILES string of the molecule is c1ccc(-c2cc(-n3c4c(c5ccccc53)-c3ccccc3Sc3ccccc3-4)cc(-c3ccccc3)n2)cc1. The highest BCUT2D eigenvalue weighted by atomic mass is 32.2. The highest BCUT2D eigenvalue weighted by Crippen LogP contribution is 2.52. The summed E-state index contributed by atoms with van der Waals surface area (Å²) in [7, 11) is 0. The zero-order valence-corrected chi connectivity index (χ0v) is 22.5. The van der Waals surface area contributed by atoms with Crippen molar-refractivity contribution in [3.63, 3.8) is 0 Å². The molecule has 188 valence electrons. The summed E-state index contributed by atoms with van der Waals surface area (Å²) >= 11 is 1.85. The second kappa shape index (κ2) is 9.41. The van der Waals surface area contributed by atoms with Gasteiger partial charge in [0.15, 0.2) is 0 Å². The molecule has 0 amide bonds. The second-order valence-electron chi connectivity index (χ2n) is 10.00. The van der Waals surface area contributed by atoms with E-state index >= 15 is 0 Å². The number of rotatable bonds is 3. The number of nitrogens with zero attached hydrogens (tertiary/aromatic N) is 2. The third-order valence-corrected chi connectivity index (χ3v) is 8.75. The standard InChI is InChI=1S/C37H24N2S/c1-3-13-25(14-4-1)31-23-27(24-32(38-31)26-15-5-2-6-16-26)39-33-20-10-7-17-28(33)36-29-18-8-11-21-34(29)40-35-22-12-9-19-30(35)37(36)39/h1-24H. The monoisotopic (exact) mass is 528 g/mol.